The molecule has 0 saturated carbocycles. The summed E-state index contributed by atoms with van der Waals surface area (Å²) in [6.07, 6.45) is 0. The van der Waals surface area contributed by atoms with Crippen molar-refractivity contribution in [2.45, 2.75) is 13.5 Å². The Kier molecular flexibility index (Phi) is 5.93. The Bertz CT molecular complexity index is 482. The molecule has 0 amide bonds. The van der Waals surface area contributed by atoms with Crippen LogP contribution in [-0.2, 0) is 6.61 Å². The first kappa shape index (κ1) is 14.4. The lowest BCUT2D eigenvalue weighted by atomic mass is 10.2. The number of nitrogens with one attached hydrogen (secondary N) is 1. The third-order valence-corrected chi connectivity index (χ3v) is 2.87. The topological polar surface area (TPSA) is 30.5 Å². The van der Waals surface area contributed by atoms with Crippen molar-refractivity contribution in [1.82, 2.24) is 5.32 Å². The molecule has 2 aromatic carbocycles. The zero-order valence-electron chi connectivity index (χ0n) is 11.8. The Morgan fingerprint density at radius 1 is 0.850 bits per heavy atom. The van der Waals surface area contributed by atoms with Gasteiger partial charge in [-0.1, -0.05) is 37.3 Å². The maximum absolute atomic E-state index is 5.72. The van der Waals surface area contributed by atoms with Crippen LogP contribution in [0.1, 0.15) is 12.5 Å². The minimum Gasteiger partial charge on any atom is -0.492 e. The molecule has 0 spiro atoms. The van der Waals surface area contributed by atoms with Gasteiger partial charge in [-0.2, -0.15) is 0 Å². The van der Waals surface area contributed by atoms with Crippen molar-refractivity contribution < 1.29 is 9.47 Å². The average Bonchev–Trinajstić information content (AvgIpc) is 2.52. The van der Waals surface area contributed by atoms with Gasteiger partial charge in [-0.15, -0.1) is 0 Å². The van der Waals surface area contributed by atoms with Gasteiger partial charge in [0.05, 0.1) is 0 Å². The first-order valence-electron chi connectivity index (χ1n) is 6.99. The molecule has 0 atom stereocenters. The summed E-state index contributed by atoms with van der Waals surface area (Å²) >= 11 is 0. The molecule has 0 heterocycles. The van der Waals surface area contributed by atoms with E-state index in [2.05, 4.69) is 24.4 Å². The molecular weight excluding hydrogens is 250 g/mol. The summed E-state index contributed by atoms with van der Waals surface area (Å²) in [4.78, 5) is 0. The fourth-order valence-corrected chi connectivity index (χ4v) is 1.79. The Labute approximate surface area is 120 Å². The lowest BCUT2D eigenvalue weighted by Gasteiger charge is -2.09. The summed E-state index contributed by atoms with van der Waals surface area (Å²) in [5, 5.41) is 3.22. The smallest absolute Gasteiger partial charge is 0.120 e. The highest BCUT2D eigenvalue weighted by molar-refractivity contribution is 5.31. The number of rotatable bonds is 8. The highest BCUT2D eigenvalue weighted by atomic mass is 16.5. The molecule has 106 valence electrons. The summed E-state index contributed by atoms with van der Waals surface area (Å²) in [5.74, 6) is 1.72. The molecule has 1 N–H and O–H groups in total. The van der Waals surface area contributed by atoms with E-state index in [9.17, 15) is 0 Å². The fraction of sp³-hybridized carbons (Fsp3) is 0.294. The van der Waals surface area contributed by atoms with Gasteiger partial charge in [0.25, 0.3) is 0 Å². The Morgan fingerprint density at radius 3 is 2.15 bits per heavy atom. The second kappa shape index (κ2) is 8.23. The van der Waals surface area contributed by atoms with Crippen LogP contribution in [0.2, 0.25) is 0 Å². The summed E-state index contributed by atoms with van der Waals surface area (Å²) in [6.45, 7) is 5.18. The summed E-state index contributed by atoms with van der Waals surface area (Å²) in [5.41, 5.74) is 1.17. The molecule has 20 heavy (non-hydrogen) atoms. The highest BCUT2D eigenvalue weighted by Crippen LogP contribution is 2.18. The third-order valence-electron chi connectivity index (χ3n) is 2.87. The van der Waals surface area contributed by atoms with Crippen LogP contribution >= 0.6 is 0 Å². The molecule has 0 aliphatic rings. The molecule has 0 aliphatic heterocycles. The molecule has 0 bridgehead atoms. The zero-order chi connectivity index (χ0) is 14.0. The summed E-state index contributed by atoms with van der Waals surface area (Å²) in [6, 6.07) is 17.9. The van der Waals surface area contributed by atoms with Crippen molar-refractivity contribution in [2.24, 2.45) is 0 Å². The lowest BCUT2D eigenvalue weighted by Crippen LogP contribution is -2.20. The van der Waals surface area contributed by atoms with Gasteiger partial charge in [-0.3, -0.25) is 0 Å². The molecule has 0 saturated heterocycles. The van der Waals surface area contributed by atoms with E-state index in [-0.39, 0.29) is 0 Å². The van der Waals surface area contributed by atoms with E-state index in [1.807, 2.05) is 42.5 Å². The van der Waals surface area contributed by atoms with Crippen LogP contribution in [0.5, 0.6) is 11.5 Å². The van der Waals surface area contributed by atoms with Crippen LogP contribution < -0.4 is 14.8 Å². The molecule has 0 aliphatic carbocycles. The molecule has 0 fully saturated rings. The molecule has 3 nitrogen and oxygen atoms in total. The monoisotopic (exact) mass is 271 g/mol. The van der Waals surface area contributed by atoms with Crippen molar-refractivity contribution in [3.05, 3.63) is 60.2 Å². The molecule has 0 aromatic heterocycles. The minimum atomic E-state index is 0.585. The van der Waals surface area contributed by atoms with Gasteiger partial charge >= 0.3 is 0 Å². The van der Waals surface area contributed by atoms with Gasteiger partial charge in [0, 0.05) is 6.54 Å². The summed E-state index contributed by atoms with van der Waals surface area (Å²) < 4.78 is 11.3. The SMILES string of the molecule is CCNCCOc1ccc(OCc2ccccc2)cc1. The summed E-state index contributed by atoms with van der Waals surface area (Å²) in [7, 11) is 0. The van der Waals surface area contributed by atoms with Crippen LogP contribution in [0.4, 0.5) is 0 Å². The highest BCUT2D eigenvalue weighted by Gasteiger charge is 1.97. The van der Waals surface area contributed by atoms with E-state index in [1.165, 1.54) is 5.56 Å². The van der Waals surface area contributed by atoms with Crippen LogP contribution in [0, 0.1) is 0 Å². The van der Waals surface area contributed by atoms with Gasteiger partial charge < -0.3 is 14.8 Å². The Hall–Kier alpha value is -2.00. The quantitative estimate of drug-likeness (QED) is 0.748. The van der Waals surface area contributed by atoms with Gasteiger partial charge in [0.1, 0.15) is 24.7 Å². The third kappa shape index (κ3) is 4.94. The largest absolute Gasteiger partial charge is 0.492 e. The standard InChI is InChI=1S/C17H21NO2/c1-2-18-12-13-19-16-8-10-17(11-9-16)20-14-15-6-4-3-5-7-15/h3-11,18H,2,12-14H2,1H3. The van der Waals surface area contributed by atoms with Gasteiger partial charge in [-0.25, -0.2) is 0 Å². The van der Waals surface area contributed by atoms with E-state index in [1.54, 1.807) is 0 Å². The van der Waals surface area contributed by atoms with Crippen molar-refractivity contribution in [3.63, 3.8) is 0 Å². The van der Waals surface area contributed by atoms with Crippen LogP contribution in [0.25, 0.3) is 0 Å². The molecule has 3 heteroatoms. The number of ether oxygens (including phenoxy) is 2. The zero-order valence-corrected chi connectivity index (χ0v) is 11.8. The maximum Gasteiger partial charge on any atom is 0.120 e. The normalized spacial score (nSPS) is 10.2. The van der Waals surface area contributed by atoms with Crippen LogP contribution in [0.15, 0.2) is 54.6 Å². The van der Waals surface area contributed by atoms with E-state index in [0.29, 0.717) is 13.2 Å². The predicted molar refractivity (Wildman–Crippen MR) is 81.3 cm³/mol. The lowest BCUT2D eigenvalue weighted by molar-refractivity contribution is 0.301. The maximum atomic E-state index is 5.72. The second-order valence-corrected chi connectivity index (χ2v) is 4.45. The van der Waals surface area contributed by atoms with Crippen molar-refractivity contribution in [3.8, 4) is 11.5 Å². The van der Waals surface area contributed by atoms with E-state index in [0.717, 1.165) is 24.6 Å². The van der Waals surface area contributed by atoms with Crippen molar-refractivity contribution >= 4 is 0 Å². The number of benzene rings is 2. The molecule has 0 radical (unpaired) electrons. The van der Waals surface area contributed by atoms with Gasteiger partial charge in [0.2, 0.25) is 0 Å². The Balaban J connectivity index is 1.76. The van der Waals surface area contributed by atoms with E-state index in [4.69, 9.17) is 9.47 Å². The number of hydrogen-bond donors (Lipinski definition) is 1. The van der Waals surface area contributed by atoms with E-state index >= 15 is 0 Å². The Morgan fingerprint density at radius 2 is 1.50 bits per heavy atom. The fourth-order valence-electron chi connectivity index (χ4n) is 1.79. The molecule has 2 aromatic rings. The number of likely N-dealkylation sites (N-methyl/N-ethyl adjacent to an activating group) is 1. The number of hydrogen-bond acceptors (Lipinski definition) is 3. The van der Waals surface area contributed by atoms with Crippen LogP contribution in [-0.4, -0.2) is 19.7 Å². The van der Waals surface area contributed by atoms with Gasteiger partial charge in [0.15, 0.2) is 0 Å². The van der Waals surface area contributed by atoms with Crippen molar-refractivity contribution in [2.75, 3.05) is 19.7 Å². The average molecular weight is 271 g/mol. The molecular formula is C17H21NO2. The first-order chi connectivity index (χ1) is 9.88. The first-order valence-corrected chi connectivity index (χ1v) is 6.99. The molecule has 0 unspecified atom stereocenters. The van der Waals surface area contributed by atoms with Gasteiger partial charge in [-0.05, 0) is 36.4 Å². The van der Waals surface area contributed by atoms with Crippen LogP contribution in [0.3, 0.4) is 0 Å². The minimum absolute atomic E-state index is 0.585. The second-order valence-electron chi connectivity index (χ2n) is 4.45. The predicted octanol–water partition coefficient (Wildman–Crippen LogP) is 3.25. The van der Waals surface area contributed by atoms with Crippen molar-refractivity contribution in [1.29, 1.82) is 0 Å². The molecule has 2 rings (SSSR count). The van der Waals surface area contributed by atoms with E-state index < -0.39 is 0 Å².